The molecule has 2 N–H and O–H groups in total. The minimum absolute atomic E-state index is 0.0118. The van der Waals surface area contributed by atoms with E-state index >= 15 is 0 Å². The van der Waals surface area contributed by atoms with Gasteiger partial charge in [-0.15, -0.1) is 0 Å². The van der Waals surface area contributed by atoms with Crippen molar-refractivity contribution in [3.05, 3.63) is 63.7 Å². The lowest BCUT2D eigenvalue weighted by atomic mass is 10.0. The number of nitrogens with one attached hydrogen (secondary N) is 1. The molecular weight excluding hydrogens is 338 g/mol. The molecule has 0 unspecified atom stereocenters. The quantitative estimate of drug-likeness (QED) is 0.653. The molecule has 0 fully saturated rings. The van der Waals surface area contributed by atoms with Crippen molar-refractivity contribution in [1.29, 1.82) is 0 Å². The lowest BCUT2D eigenvalue weighted by Crippen LogP contribution is -2.15. The zero-order chi connectivity index (χ0) is 17.4. The summed E-state index contributed by atoms with van der Waals surface area (Å²) < 4.78 is 4.45. The Morgan fingerprint density at radius 2 is 1.71 bits per heavy atom. The molecule has 0 atom stereocenters. The Hall–Kier alpha value is -3.19. The summed E-state index contributed by atoms with van der Waals surface area (Å²) in [5, 5.41) is 11.8. The summed E-state index contributed by atoms with van der Waals surface area (Å²) in [6.07, 6.45) is 0. The van der Waals surface area contributed by atoms with Crippen LogP contribution in [0.25, 0.3) is 0 Å². The maximum atomic E-state index is 12.3. The Balaban J connectivity index is 1.92. The fraction of sp³-hybridized carbons (Fsp3) is 0. The highest BCUT2D eigenvalue weighted by atomic mass is 35.5. The zero-order valence-corrected chi connectivity index (χ0v) is 12.6. The topological polar surface area (TPSA) is 110 Å². The number of carboxylic acids is 1. The molecule has 0 radical (unpaired) electrons. The molecule has 2 aromatic rings. The number of carboxylic acid groups (broad SMARTS) is 1. The van der Waals surface area contributed by atoms with Gasteiger partial charge in [0.15, 0.2) is 0 Å². The summed E-state index contributed by atoms with van der Waals surface area (Å²) in [5.41, 5.74) is 0.0193. The van der Waals surface area contributed by atoms with Crippen molar-refractivity contribution in [1.82, 2.24) is 0 Å². The van der Waals surface area contributed by atoms with Gasteiger partial charge in [-0.1, -0.05) is 11.6 Å². The van der Waals surface area contributed by atoms with Crippen molar-refractivity contribution in [3.8, 4) is 0 Å². The largest absolute Gasteiger partial charge is 0.478 e. The molecule has 8 heteroatoms. The van der Waals surface area contributed by atoms with E-state index in [4.69, 9.17) is 16.7 Å². The lowest BCUT2D eigenvalue weighted by Gasteiger charge is -2.09. The number of aromatic carboxylic acids is 1. The summed E-state index contributed by atoms with van der Waals surface area (Å²) in [6, 6.07) is 7.85. The Kier molecular flexibility index (Phi) is 3.78. The molecule has 0 saturated carbocycles. The number of halogens is 1. The van der Waals surface area contributed by atoms with Gasteiger partial charge in [-0.3, -0.25) is 4.79 Å². The first-order valence-corrected chi connectivity index (χ1v) is 6.99. The molecule has 2 aromatic carbocycles. The number of esters is 2. The number of carbonyl (C=O) groups excluding carboxylic acids is 3. The highest BCUT2D eigenvalue weighted by molar-refractivity contribution is 6.31. The smallest absolute Gasteiger partial charge is 0.346 e. The second-order valence-electron chi connectivity index (χ2n) is 4.89. The van der Waals surface area contributed by atoms with Gasteiger partial charge in [0.2, 0.25) is 0 Å². The highest BCUT2D eigenvalue weighted by Gasteiger charge is 2.30. The maximum Gasteiger partial charge on any atom is 0.346 e. The van der Waals surface area contributed by atoms with Crippen LogP contribution in [-0.2, 0) is 4.74 Å². The normalized spacial score (nSPS) is 12.5. The fourth-order valence-corrected chi connectivity index (χ4v) is 2.40. The van der Waals surface area contributed by atoms with Crippen LogP contribution in [0.2, 0.25) is 5.02 Å². The standard InChI is InChI=1S/C16H8ClNO6/c17-8-2-4-12(11(6-8)14(20)21)18-13(19)7-1-3-9-10(5-7)16(23)24-15(9)22/h1-6H,(H,18,19)(H,20,21). The van der Waals surface area contributed by atoms with Crippen molar-refractivity contribution in [2.24, 2.45) is 0 Å². The first-order valence-electron chi connectivity index (χ1n) is 6.61. The molecule has 7 nitrogen and oxygen atoms in total. The molecule has 1 amide bonds. The van der Waals surface area contributed by atoms with Crippen molar-refractivity contribution >= 4 is 41.1 Å². The molecule has 3 rings (SSSR count). The van der Waals surface area contributed by atoms with Gasteiger partial charge < -0.3 is 15.2 Å². The van der Waals surface area contributed by atoms with Crippen molar-refractivity contribution < 1.29 is 29.0 Å². The van der Waals surface area contributed by atoms with E-state index in [1.54, 1.807) is 0 Å². The Labute approximate surface area is 139 Å². The number of anilines is 1. The summed E-state index contributed by atoms with van der Waals surface area (Å²) in [4.78, 5) is 46.4. The molecule has 120 valence electrons. The van der Waals surface area contributed by atoms with E-state index in [2.05, 4.69) is 10.1 Å². The van der Waals surface area contributed by atoms with Crippen molar-refractivity contribution in [2.75, 3.05) is 5.32 Å². The van der Waals surface area contributed by atoms with Crippen LogP contribution in [-0.4, -0.2) is 28.9 Å². The number of rotatable bonds is 3. The summed E-state index contributed by atoms with van der Waals surface area (Å²) in [7, 11) is 0. The van der Waals surface area contributed by atoms with Crippen LogP contribution < -0.4 is 5.32 Å². The minimum Gasteiger partial charge on any atom is -0.478 e. The molecular formula is C16H8ClNO6. The Bertz CT molecular complexity index is 921. The average Bonchev–Trinajstić information content (AvgIpc) is 2.83. The predicted molar refractivity (Wildman–Crippen MR) is 82.6 cm³/mol. The molecule has 1 heterocycles. The maximum absolute atomic E-state index is 12.3. The van der Waals surface area contributed by atoms with Crippen LogP contribution in [0.4, 0.5) is 5.69 Å². The Morgan fingerprint density at radius 1 is 1.00 bits per heavy atom. The van der Waals surface area contributed by atoms with E-state index in [-0.39, 0.29) is 33.0 Å². The molecule has 1 aliphatic rings. The van der Waals surface area contributed by atoms with Gasteiger partial charge in [-0.2, -0.15) is 0 Å². The third-order valence-electron chi connectivity index (χ3n) is 3.37. The summed E-state index contributed by atoms with van der Waals surface area (Å²) in [6.45, 7) is 0. The zero-order valence-electron chi connectivity index (χ0n) is 11.8. The number of carbonyl (C=O) groups is 4. The van der Waals surface area contributed by atoms with E-state index in [0.717, 1.165) is 0 Å². The number of hydrogen-bond acceptors (Lipinski definition) is 5. The van der Waals surface area contributed by atoms with Crippen LogP contribution in [0, 0.1) is 0 Å². The summed E-state index contributed by atoms with van der Waals surface area (Å²) >= 11 is 5.75. The third kappa shape index (κ3) is 2.72. The van der Waals surface area contributed by atoms with Gasteiger partial charge in [-0.25, -0.2) is 14.4 Å². The molecule has 0 saturated heterocycles. The molecule has 0 spiro atoms. The number of ether oxygens (including phenoxy) is 1. The highest BCUT2D eigenvalue weighted by Crippen LogP contribution is 2.24. The number of amides is 1. The molecule has 0 aliphatic carbocycles. The van der Waals surface area contributed by atoms with Gasteiger partial charge in [0, 0.05) is 10.6 Å². The average molecular weight is 346 g/mol. The number of fused-ring (bicyclic) bond motifs is 1. The SMILES string of the molecule is O=C(Nc1ccc(Cl)cc1C(=O)O)c1ccc2c(c1)C(=O)OC2=O. The van der Waals surface area contributed by atoms with Gasteiger partial charge in [0.1, 0.15) is 0 Å². The minimum atomic E-state index is -1.25. The molecule has 0 aromatic heterocycles. The van der Waals surface area contributed by atoms with Gasteiger partial charge >= 0.3 is 17.9 Å². The first kappa shape index (κ1) is 15.7. The van der Waals surface area contributed by atoms with Crippen LogP contribution in [0.5, 0.6) is 0 Å². The predicted octanol–water partition coefficient (Wildman–Crippen LogP) is 2.60. The second-order valence-corrected chi connectivity index (χ2v) is 5.32. The molecule has 1 aliphatic heterocycles. The second kappa shape index (κ2) is 5.78. The molecule has 0 bridgehead atoms. The van der Waals surface area contributed by atoms with E-state index in [0.29, 0.717) is 0 Å². The van der Waals surface area contributed by atoms with E-state index in [1.165, 1.54) is 36.4 Å². The summed E-state index contributed by atoms with van der Waals surface area (Å²) in [5.74, 6) is -3.50. The van der Waals surface area contributed by atoms with E-state index < -0.39 is 23.8 Å². The van der Waals surface area contributed by atoms with Gasteiger partial charge in [-0.05, 0) is 36.4 Å². The number of benzene rings is 2. The third-order valence-corrected chi connectivity index (χ3v) is 3.60. The van der Waals surface area contributed by atoms with E-state index in [1.807, 2.05) is 0 Å². The number of hydrogen-bond donors (Lipinski definition) is 2. The van der Waals surface area contributed by atoms with Crippen LogP contribution in [0.3, 0.4) is 0 Å². The molecule has 24 heavy (non-hydrogen) atoms. The van der Waals surface area contributed by atoms with Crippen molar-refractivity contribution in [3.63, 3.8) is 0 Å². The van der Waals surface area contributed by atoms with Gasteiger partial charge in [0.05, 0.1) is 22.4 Å². The van der Waals surface area contributed by atoms with E-state index in [9.17, 15) is 19.2 Å². The van der Waals surface area contributed by atoms with Crippen LogP contribution in [0.1, 0.15) is 41.4 Å². The number of cyclic esters (lactones) is 2. The van der Waals surface area contributed by atoms with Crippen molar-refractivity contribution in [2.45, 2.75) is 0 Å². The van der Waals surface area contributed by atoms with Crippen LogP contribution in [0.15, 0.2) is 36.4 Å². The monoisotopic (exact) mass is 345 g/mol. The van der Waals surface area contributed by atoms with Gasteiger partial charge in [0.25, 0.3) is 5.91 Å². The fourth-order valence-electron chi connectivity index (χ4n) is 2.22. The lowest BCUT2D eigenvalue weighted by molar-refractivity contribution is 0.0443. The Morgan fingerprint density at radius 3 is 2.42 bits per heavy atom. The van der Waals surface area contributed by atoms with Crippen LogP contribution >= 0.6 is 11.6 Å². The first-order chi connectivity index (χ1) is 11.4.